The van der Waals surface area contributed by atoms with Crippen molar-refractivity contribution in [1.29, 1.82) is 0 Å². The summed E-state index contributed by atoms with van der Waals surface area (Å²) in [6.45, 7) is 0.443. The topological polar surface area (TPSA) is 20.2 Å². The van der Waals surface area contributed by atoms with Crippen LogP contribution in [0.4, 0.5) is 26.3 Å². The summed E-state index contributed by atoms with van der Waals surface area (Å²) >= 11 is 0. The maximum absolute atomic E-state index is 12.6. The predicted octanol–water partition coefficient (Wildman–Crippen LogP) is 3.78. The molecule has 18 heavy (non-hydrogen) atoms. The van der Waals surface area contributed by atoms with Crippen LogP contribution in [0.1, 0.15) is 29.2 Å². The largest absolute Gasteiger partial charge is 0.416 e. The zero-order chi connectivity index (χ0) is 14.1. The van der Waals surface area contributed by atoms with Crippen molar-refractivity contribution in [3.63, 3.8) is 0 Å². The molecule has 0 radical (unpaired) electrons. The third-order valence-electron chi connectivity index (χ3n) is 2.49. The average Bonchev–Trinajstić information content (AvgIpc) is 2.24. The molecule has 0 aliphatic heterocycles. The lowest BCUT2D eigenvalue weighted by Crippen LogP contribution is -2.16. The molecule has 0 unspecified atom stereocenters. The molecule has 1 rings (SSSR count). The van der Waals surface area contributed by atoms with E-state index >= 15 is 0 Å². The van der Waals surface area contributed by atoms with Crippen molar-refractivity contribution < 1.29 is 31.4 Å². The standard InChI is InChI=1S/C11H10F6O/c1-2-6-3-7(5-18)9(11(15,16)17)4-8(6)10(12,13)14/h3-4,18H,2,5H2,1H3. The molecule has 1 N–H and O–H groups in total. The van der Waals surface area contributed by atoms with Gasteiger partial charge in [-0.05, 0) is 23.6 Å². The van der Waals surface area contributed by atoms with Crippen LogP contribution < -0.4 is 0 Å². The molecule has 0 aliphatic rings. The average molecular weight is 272 g/mol. The Bertz CT molecular complexity index is 395. The Kier molecular flexibility index (Phi) is 3.95. The second kappa shape index (κ2) is 4.79. The third-order valence-corrected chi connectivity index (χ3v) is 2.49. The van der Waals surface area contributed by atoms with E-state index in [0.717, 1.165) is 6.07 Å². The van der Waals surface area contributed by atoms with Crippen LogP contribution in [0.3, 0.4) is 0 Å². The van der Waals surface area contributed by atoms with Crippen molar-refractivity contribution in [3.05, 3.63) is 34.4 Å². The van der Waals surface area contributed by atoms with Gasteiger partial charge in [-0.25, -0.2) is 0 Å². The minimum Gasteiger partial charge on any atom is -0.392 e. The van der Waals surface area contributed by atoms with Crippen molar-refractivity contribution in [3.8, 4) is 0 Å². The first-order valence-corrected chi connectivity index (χ1v) is 5.02. The Morgan fingerprint density at radius 3 is 1.67 bits per heavy atom. The number of aliphatic hydroxyl groups is 1. The van der Waals surface area contributed by atoms with Crippen LogP contribution in [-0.4, -0.2) is 5.11 Å². The Balaban J connectivity index is 3.55. The molecule has 0 saturated carbocycles. The van der Waals surface area contributed by atoms with E-state index in [1.807, 2.05) is 0 Å². The van der Waals surface area contributed by atoms with Gasteiger partial charge in [-0.1, -0.05) is 13.0 Å². The van der Waals surface area contributed by atoms with E-state index in [9.17, 15) is 26.3 Å². The SMILES string of the molecule is CCc1cc(CO)c(C(F)(F)F)cc1C(F)(F)F. The molecule has 0 aromatic heterocycles. The third kappa shape index (κ3) is 2.95. The van der Waals surface area contributed by atoms with Crippen molar-refractivity contribution in [2.24, 2.45) is 0 Å². The molecule has 1 nitrogen and oxygen atoms in total. The summed E-state index contributed by atoms with van der Waals surface area (Å²) in [7, 11) is 0. The molecule has 0 aliphatic carbocycles. The highest BCUT2D eigenvalue weighted by atomic mass is 19.4. The van der Waals surface area contributed by atoms with Crippen LogP contribution in [-0.2, 0) is 25.4 Å². The van der Waals surface area contributed by atoms with Gasteiger partial charge in [0.1, 0.15) is 0 Å². The van der Waals surface area contributed by atoms with Gasteiger partial charge >= 0.3 is 12.4 Å². The van der Waals surface area contributed by atoms with Crippen molar-refractivity contribution in [2.45, 2.75) is 32.3 Å². The number of hydrogen-bond acceptors (Lipinski definition) is 1. The van der Waals surface area contributed by atoms with Crippen LogP contribution in [0.2, 0.25) is 0 Å². The Hall–Kier alpha value is -1.24. The van der Waals surface area contributed by atoms with E-state index in [4.69, 9.17) is 5.11 Å². The fourth-order valence-electron chi connectivity index (χ4n) is 1.65. The first kappa shape index (κ1) is 14.8. The number of aryl methyl sites for hydroxylation is 1. The lowest BCUT2D eigenvalue weighted by molar-refractivity contribution is -0.144. The van der Waals surface area contributed by atoms with Crippen molar-refractivity contribution in [2.75, 3.05) is 0 Å². The minimum absolute atomic E-state index is 0.0599. The maximum Gasteiger partial charge on any atom is 0.416 e. The summed E-state index contributed by atoms with van der Waals surface area (Å²) in [4.78, 5) is 0. The summed E-state index contributed by atoms with van der Waals surface area (Å²) < 4.78 is 75.5. The van der Waals surface area contributed by atoms with Gasteiger partial charge in [0.05, 0.1) is 17.7 Å². The second-order valence-corrected chi connectivity index (χ2v) is 3.67. The van der Waals surface area contributed by atoms with Gasteiger partial charge in [0.15, 0.2) is 0 Å². The Morgan fingerprint density at radius 2 is 1.33 bits per heavy atom. The number of halogens is 6. The van der Waals surface area contributed by atoms with E-state index in [1.54, 1.807) is 0 Å². The van der Waals surface area contributed by atoms with Gasteiger partial charge in [-0.2, -0.15) is 26.3 Å². The summed E-state index contributed by atoms with van der Waals surface area (Å²) in [5.74, 6) is 0. The van der Waals surface area contributed by atoms with Crippen LogP contribution in [0.5, 0.6) is 0 Å². The van der Waals surface area contributed by atoms with Gasteiger partial charge in [0, 0.05) is 0 Å². The smallest absolute Gasteiger partial charge is 0.392 e. The highest BCUT2D eigenvalue weighted by Crippen LogP contribution is 2.39. The van der Waals surface area contributed by atoms with Crippen LogP contribution >= 0.6 is 0 Å². The van der Waals surface area contributed by atoms with Gasteiger partial charge in [-0.3, -0.25) is 0 Å². The Labute approximate surface area is 99.0 Å². The Morgan fingerprint density at radius 1 is 0.889 bits per heavy atom. The molecule has 0 bridgehead atoms. The normalized spacial score (nSPS) is 12.9. The van der Waals surface area contributed by atoms with Crippen molar-refractivity contribution >= 4 is 0 Å². The van der Waals surface area contributed by atoms with E-state index in [1.165, 1.54) is 6.92 Å². The maximum atomic E-state index is 12.6. The van der Waals surface area contributed by atoms with E-state index in [0.29, 0.717) is 0 Å². The quantitative estimate of drug-likeness (QED) is 0.812. The fourth-order valence-corrected chi connectivity index (χ4v) is 1.65. The molecular weight excluding hydrogens is 262 g/mol. The lowest BCUT2D eigenvalue weighted by atomic mass is 9.96. The van der Waals surface area contributed by atoms with Gasteiger partial charge in [0.2, 0.25) is 0 Å². The molecule has 0 heterocycles. The number of alkyl halides is 6. The number of rotatable bonds is 2. The molecule has 0 saturated heterocycles. The second-order valence-electron chi connectivity index (χ2n) is 3.67. The first-order chi connectivity index (χ1) is 8.11. The molecule has 7 heteroatoms. The van der Waals surface area contributed by atoms with Crippen LogP contribution in [0.15, 0.2) is 12.1 Å². The molecule has 102 valence electrons. The molecule has 0 atom stereocenters. The molecule has 0 fully saturated rings. The number of aliphatic hydroxyl groups excluding tert-OH is 1. The number of hydrogen-bond donors (Lipinski definition) is 1. The number of benzene rings is 1. The fraction of sp³-hybridized carbons (Fsp3) is 0.455. The molecule has 1 aromatic rings. The monoisotopic (exact) mass is 272 g/mol. The predicted molar refractivity (Wildman–Crippen MR) is 51.7 cm³/mol. The van der Waals surface area contributed by atoms with Crippen LogP contribution in [0.25, 0.3) is 0 Å². The van der Waals surface area contributed by atoms with E-state index < -0.39 is 35.6 Å². The molecule has 1 aromatic carbocycles. The van der Waals surface area contributed by atoms with Crippen molar-refractivity contribution in [1.82, 2.24) is 0 Å². The van der Waals surface area contributed by atoms with Gasteiger partial charge in [-0.15, -0.1) is 0 Å². The summed E-state index contributed by atoms with van der Waals surface area (Å²) in [5.41, 5.74) is -3.57. The first-order valence-electron chi connectivity index (χ1n) is 5.02. The van der Waals surface area contributed by atoms with E-state index in [2.05, 4.69) is 0 Å². The molecular formula is C11H10F6O. The molecule has 0 amide bonds. The minimum atomic E-state index is -4.93. The highest BCUT2D eigenvalue weighted by Gasteiger charge is 2.39. The highest BCUT2D eigenvalue weighted by molar-refractivity contribution is 5.41. The van der Waals surface area contributed by atoms with Gasteiger partial charge < -0.3 is 5.11 Å². The summed E-state index contributed by atoms with van der Waals surface area (Å²) in [6.07, 6.45) is -9.84. The summed E-state index contributed by atoms with van der Waals surface area (Å²) in [6, 6.07) is 0.816. The lowest BCUT2D eigenvalue weighted by Gasteiger charge is -2.18. The van der Waals surface area contributed by atoms with Crippen LogP contribution in [0, 0.1) is 0 Å². The zero-order valence-corrected chi connectivity index (χ0v) is 9.28. The zero-order valence-electron chi connectivity index (χ0n) is 9.28. The molecule has 0 spiro atoms. The van der Waals surface area contributed by atoms with E-state index in [-0.39, 0.29) is 18.1 Å². The van der Waals surface area contributed by atoms with Gasteiger partial charge in [0.25, 0.3) is 0 Å². The summed E-state index contributed by atoms with van der Waals surface area (Å²) in [5, 5.41) is 8.81.